The van der Waals surface area contributed by atoms with E-state index < -0.39 is 11.8 Å². The fourth-order valence-electron chi connectivity index (χ4n) is 3.12. The molecule has 1 heterocycles. The minimum atomic E-state index is -0.602. The fraction of sp³-hybridized carbons (Fsp3) is 0.182. The quantitative estimate of drug-likeness (QED) is 0.601. The third-order valence-electron chi connectivity index (χ3n) is 4.70. The molecule has 3 rings (SSSR count). The first-order valence-corrected chi connectivity index (χ1v) is 8.52. The number of aryl methyl sites for hydroxylation is 2. The van der Waals surface area contributed by atoms with Crippen molar-refractivity contribution in [3.63, 3.8) is 0 Å². The third kappa shape index (κ3) is 3.40. The van der Waals surface area contributed by atoms with Gasteiger partial charge in [-0.2, -0.15) is 0 Å². The van der Waals surface area contributed by atoms with E-state index in [0.29, 0.717) is 16.9 Å². The molecule has 0 N–H and O–H groups in total. The highest BCUT2D eigenvalue weighted by atomic mass is 19.1. The van der Waals surface area contributed by atoms with Gasteiger partial charge in [0, 0.05) is 11.4 Å². The van der Waals surface area contributed by atoms with Crippen LogP contribution >= 0.6 is 0 Å². The fourth-order valence-corrected chi connectivity index (χ4v) is 3.12. The Balaban J connectivity index is 2.15. The Bertz CT molecular complexity index is 1000. The summed E-state index contributed by atoms with van der Waals surface area (Å²) in [6.45, 7) is 5.65. The Morgan fingerprint density at radius 2 is 1.81 bits per heavy atom. The second kappa shape index (κ2) is 7.19. The number of nitrogens with zero attached hydrogens (tertiary/aromatic N) is 1. The number of hydrogen-bond acceptors (Lipinski definition) is 3. The molecule has 1 aliphatic rings. The summed E-state index contributed by atoms with van der Waals surface area (Å²) >= 11 is 0. The lowest BCUT2D eigenvalue weighted by molar-refractivity contribution is -0.136. The van der Waals surface area contributed by atoms with Crippen LogP contribution in [0.2, 0.25) is 0 Å². The summed E-state index contributed by atoms with van der Waals surface area (Å²) in [5.41, 5.74) is 4.16. The summed E-state index contributed by atoms with van der Waals surface area (Å²) in [7, 11) is 1.27. The molecule has 0 spiro atoms. The maximum atomic E-state index is 13.5. The molecule has 0 unspecified atom stereocenters. The number of anilines is 1. The zero-order valence-corrected chi connectivity index (χ0v) is 15.7. The Morgan fingerprint density at radius 3 is 2.44 bits per heavy atom. The maximum Gasteiger partial charge on any atom is 0.340 e. The zero-order chi connectivity index (χ0) is 19.7. The van der Waals surface area contributed by atoms with E-state index >= 15 is 0 Å². The zero-order valence-electron chi connectivity index (χ0n) is 15.7. The minimum Gasteiger partial charge on any atom is -0.465 e. The van der Waals surface area contributed by atoms with E-state index in [-0.39, 0.29) is 17.1 Å². The van der Waals surface area contributed by atoms with Gasteiger partial charge in [-0.3, -0.25) is 9.69 Å². The molecular formula is C22H20FNO3. The molecule has 2 aromatic rings. The van der Waals surface area contributed by atoms with Crippen LogP contribution in [-0.2, 0) is 14.3 Å². The molecule has 0 saturated carbocycles. The van der Waals surface area contributed by atoms with Crippen molar-refractivity contribution in [2.45, 2.75) is 20.8 Å². The van der Waals surface area contributed by atoms with Crippen molar-refractivity contribution < 1.29 is 18.7 Å². The van der Waals surface area contributed by atoms with Gasteiger partial charge in [0.05, 0.1) is 18.3 Å². The number of hydrogen-bond donors (Lipinski definition) is 0. The Morgan fingerprint density at radius 1 is 1.07 bits per heavy atom. The number of rotatable bonds is 3. The monoisotopic (exact) mass is 365 g/mol. The molecule has 0 saturated heterocycles. The van der Waals surface area contributed by atoms with Crippen LogP contribution in [-0.4, -0.2) is 19.0 Å². The highest BCUT2D eigenvalue weighted by molar-refractivity contribution is 6.23. The first-order chi connectivity index (χ1) is 12.8. The van der Waals surface area contributed by atoms with Gasteiger partial charge in [0.1, 0.15) is 5.82 Å². The number of ether oxygens (including phenoxy) is 1. The van der Waals surface area contributed by atoms with Crippen molar-refractivity contribution in [2.75, 3.05) is 12.0 Å². The second-order valence-corrected chi connectivity index (χ2v) is 6.47. The Kier molecular flexibility index (Phi) is 4.95. The number of allylic oxidation sites excluding steroid dienone is 1. The van der Waals surface area contributed by atoms with Gasteiger partial charge in [-0.1, -0.05) is 18.2 Å². The van der Waals surface area contributed by atoms with Crippen LogP contribution < -0.4 is 4.90 Å². The van der Waals surface area contributed by atoms with Gasteiger partial charge < -0.3 is 4.74 Å². The number of esters is 1. The largest absolute Gasteiger partial charge is 0.465 e. The van der Waals surface area contributed by atoms with Crippen LogP contribution in [0, 0.1) is 19.7 Å². The summed E-state index contributed by atoms with van der Waals surface area (Å²) in [4.78, 5) is 27.0. The number of carbonyl (C=O) groups excluding carboxylic acids is 2. The standard InChI is InChI=1S/C22H20FNO3/c1-13-8-9-18(10-14(13)2)24-15(3)20(22(26)27-4)19(21(24)25)12-16-6-5-7-17(23)11-16/h5-12H,1-4H3/b19-12-. The molecule has 2 aromatic carbocycles. The molecule has 0 radical (unpaired) electrons. The molecule has 4 nitrogen and oxygen atoms in total. The summed E-state index contributed by atoms with van der Waals surface area (Å²) in [6, 6.07) is 11.5. The molecule has 27 heavy (non-hydrogen) atoms. The third-order valence-corrected chi connectivity index (χ3v) is 4.70. The molecule has 1 amide bonds. The van der Waals surface area contributed by atoms with Crippen molar-refractivity contribution in [3.05, 3.63) is 81.8 Å². The van der Waals surface area contributed by atoms with E-state index in [2.05, 4.69) is 0 Å². The van der Waals surface area contributed by atoms with Crippen LogP contribution in [0.5, 0.6) is 0 Å². The van der Waals surface area contributed by atoms with Gasteiger partial charge in [-0.15, -0.1) is 0 Å². The van der Waals surface area contributed by atoms with Crippen LogP contribution in [0.3, 0.4) is 0 Å². The molecule has 0 aromatic heterocycles. The SMILES string of the molecule is COC(=O)C1=C(C)N(c2ccc(C)c(C)c2)C(=O)/C1=C\c1cccc(F)c1. The average Bonchev–Trinajstić information content (AvgIpc) is 2.87. The van der Waals surface area contributed by atoms with Crippen molar-refractivity contribution in [1.82, 2.24) is 0 Å². The summed E-state index contributed by atoms with van der Waals surface area (Å²) in [5, 5.41) is 0. The number of carbonyl (C=O) groups is 2. The number of halogens is 1. The van der Waals surface area contributed by atoms with Crippen LogP contribution in [0.4, 0.5) is 10.1 Å². The lowest BCUT2D eigenvalue weighted by Gasteiger charge is -2.19. The van der Waals surface area contributed by atoms with E-state index in [1.165, 1.54) is 30.2 Å². The van der Waals surface area contributed by atoms with Crippen LogP contribution in [0.15, 0.2) is 59.3 Å². The maximum absolute atomic E-state index is 13.5. The molecule has 1 aliphatic heterocycles. The van der Waals surface area contributed by atoms with Gasteiger partial charge in [0.25, 0.3) is 5.91 Å². The Hall–Kier alpha value is -3.21. The normalized spacial score (nSPS) is 15.7. The molecular weight excluding hydrogens is 345 g/mol. The van der Waals surface area contributed by atoms with Crippen molar-refractivity contribution in [1.29, 1.82) is 0 Å². The number of benzene rings is 2. The molecule has 0 bridgehead atoms. The molecule has 138 valence electrons. The van der Waals surface area contributed by atoms with Gasteiger partial charge in [-0.05, 0) is 67.8 Å². The first kappa shape index (κ1) is 18.6. The van der Waals surface area contributed by atoms with E-state index in [1.807, 2.05) is 32.0 Å². The highest BCUT2D eigenvalue weighted by Gasteiger charge is 2.37. The van der Waals surface area contributed by atoms with Crippen LogP contribution in [0.25, 0.3) is 6.08 Å². The topological polar surface area (TPSA) is 46.6 Å². The van der Waals surface area contributed by atoms with Crippen molar-refractivity contribution in [3.8, 4) is 0 Å². The number of amides is 1. The summed E-state index contributed by atoms with van der Waals surface area (Å²) < 4.78 is 18.4. The van der Waals surface area contributed by atoms with E-state index in [9.17, 15) is 14.0 Å². The van der Waals surface area contributed by atoms with Crippen molar-refractivity contribution >= 4 is 23.6 Å². The molecule has 5 heteroatoms. The van der Waals surface area contributed by atoms with Gasteiger partial charge in [-0.25, -0.2) is 9.18 Å². The minimum absolute atomic E-state index is 0.183. The smallest absolute Gasteiger partial charge is 0.340 e. The highest BCUT2D eigenvalue weighted by Crippen LogP contribution is 2.36. The first-order valence-electron chi connectivity index (χ1n) is 8.52. The average molecular weight is 365 g/mol. The predicted molar refractivity (Wildman–Crippen MR) is 102 cm³/mol. The second-order valence-electron chi connectivity index (χ2n) is 6.47. The van der Waals surface area contributed by atoms with Crippen molar-refractivity contribution in [2.24, 2.45) is 0 Å². The lowest BCUT2D eigenvalue weighted by atomic mass is 10.0. The predicted octanol–water partition coefficient (Wildman–Crippen LogP) is 4.32. The van der Waals surface area contributed by atoms with Gasteiger partial charge in [0.2, 0.25) is 0 Å². The number of methoxy groups -OCH3 is 1. The van der Waals surface area contributed by atoms with E-state index in [1.54, 1.807) is 19.1 Å². The van der Waals surface area contributed by atoms with Gasteiger partial charge >= 0.3 is 5.97 Å². The lowest BCUT2D eigenvalue weighted by Crippen LogP contribution is -2.24. The molecule has 0 aliphatic carbocycles. The summed E-state index contributed by atoms with van der Waals surface area (Å²) in [6.07, 6.45) is 1.52. The summed E-state index contributed by atoms with van der Waals surface area (Å²) in [5.74, 6) is -1.36. The van der Waals surface area contributed by atoms with E-state index in [0.717, 1.165) is 11.1 Å². The van der Waals surface area contributed by atoms with Gasteiger partial charge in [0.15, 0.2) is 0 Å². The molecule has 0 fully saturated rings. The Labute approximate surface area is 157 Å². The van der Waals surface area contributed by atoms with Crippen LogP contribution in [0.1, 0.15) is 23.6 Å². The molecule has 0 atom stereocenters. The van der Waals surface area contributed by atoms with E-state index in [4.69, 9.17) is 4.74 Å².